The number of carbonyl (C=O) groups excluding carboxylic acids is 1. The lowest BCUT2D eigenvalue weighted by Crippen LogP contribution is -2.42. The largest absolute Gasteiger partial charge is 0.391 e. The fraction of sp³-hybridized carbons (Fsp3) is 0.333. The fourth-order valence-electron chi connectivity index (χ4n) is 2.60. The number of aliphatic hydroxyl groups excluding tert-OH is 1. The van der Waals surface area contributed by atoms with Gasteiger partial charge in [-0.1, -0.05) is 22.0 Å². The number of nitrogens with zero attached hydrogens (tertiary/aromatic N) is 2. The zero-order valence-electron chi connectivity index (χ0n) is 10.9. The summed E-state index contributed by atoms with van der Waals surface area (Å²) in [5.74, 6) is -0.104. The molecule has 0 bridgehead atoms. The summed E-state index contributed by atoms with van der Waals surface area (Å²) in [4.78, 5) is 18.6. The van der Waals surface area contributed by atoms with E-state index in [2.05, 4.69) is 20.9 Å². The van der Waals surface area contributed by atoms with E-state index in [9.17, 15) is 9.90 Å². The second-order valence-electron chi connectivity index (χ2n) is 5.07. The number of hydrogen-bond acceptors (Lipinski definition) is 3. The summed E-state index contributed by atoms with van der Waals surface area (Å²) in [6.45, 7) is 1.08. The average Bonchev–Trinajstić information content (AvgIpc) is 2.46. The van der Waals surface area contributed by atoms with Gasteiger partial charge in [-0.15, -0.1) is 0 Å². The summed E-state index contributed by atoms with van der Waals surface area (Å²) in [6, 6.07) is 7.71. The van der Waals surface area contributed by atoms with E-state index >= 15 is 0 Å². The lowest BCUT2D eigenvalue weighted by atomic mass is 10.1. The van der Waals surface area contributed by atoms with Gasteiger partial charge in [0, 0.05) is 29.1 Å². The van der Waals surface area contributed by atoms with Crippen LogP contribution < -0.4 is 0 Å². The van der Waals surface area contributed by atoms with Crippen LogP contribution in [0.4, 0.5) is 0 Å². The van der Waals surface area contributed by atoms with Gasteiger partial charge < -0.3 is 10.0 Å². The Hall–Kier alpha value is -1.46. The highest BCUT2D eigenvalue weighted by molar-refractivity contribution is 9.10. The molecule has 1 N–H and O–H groups in total. The van der Waals surface area contributed by atoms with E-state index in [1.807, 2.05) is 24.3 Å². The van der Waals surface area contributed by atoms with E-state index in [4.69, 9.17) is 0 Å². The predicted octanol–water partition coefficient (Wildman–Crippen LogP) is 2.59. The Labute approximate surface area is 125 Å². The summed E-state index contributed by atoms with van der Waals surface area (Å²) in [5, 5.41) is 11.5. The molecule has 3 rings (SSSR count). The minimum atomic E-state index is -0.422. The van der Waals surface area contributed by atoms with Gasteiger partial charge in [0.05, 0.1) is 6.10 Å². The van der Waals surface area contributed by atoms with Crippen molar-refractivity contribution in [2.24, 2.45) is 0 Å². The van der Waals surface area contributed by atoms with Crippen molar-refractivity contribution in [1.82, 2.24) is 9.88 Å². The minimum absolute atomic E-state index is 0.104. The Morgan fingerprint density at radius 1 is 1.40 bits per heavy atom. The first-order valence-electron chi connectivity index (χ1n) is 6.67. The molecule has 1 unspecified atom stereocenters. The lowest BCUT2D eigenvalue weighted by molar-refractivity contribution is 0.0471. The van der Waals surface area contributed by atoms with Gasteiger partial charge in [-0.2, -0.15) is 0 Å². The van der Waals surface area contributed by atoms with Gasteiger partial charge in [0.2, 0.25) is 0 Å². The third kappa shape index (κ3) is 2.55. The van der Waals surface area contributed by atoms with Crippen LogP contribution >= 0.6 is 15.9 Å². The zero-order valence-corrected chi connectivity index (χ0v) is 12.5. The molecule has 4 nitrogen and oxygen atoms in total. The Kier molecular flexibility index (Phi) is 3.72. The van der Waals surface area contributed by atoms with Crippen LogP contribution in [-0.4, -0.2) is 40.1 Å². The molecular formula is C15H15BrN2O2. The first-order chi connectivity index (χ1) is 9.65. The lowest BCUT2D eigenvalue weighted by Gasteiger charge is -2.30. The molecule has 1 saturated heterocycles. The van der Waals surface area contributed by atoms with Gasteiger partial charge in [0.25, 0.3) is 5.91 Å². The number of benzene rings is 1. The molecule has 2 aromatic rings. The molecule has 1 amide bonds. The van der Waals surface area contributed by atoms with E-state index in [1.165, 1.54) is 0 Å². The molecule has 2 heterocycles. The van der Waals surface area contributed by atoms with Crippen molar-refractivity contribution in [3.63, 3.8) is 0 Å². The maximum atomic E-state index is 12.6. The quantitative estimate of drug-likeness (QED) is 0.872. The smallest absolute Gasteiger partial charge is 0.273 e. The molecule has 1 atom stereocenters. The van der Waals surface area contributed by atoms with Gasteiger partial charge >= 0.3 is 0 Å². The van der Waals surface area contributed by atoms with Gasteiger partial charge in [-0.25, -0.2) is 0 Å². The fourth-order valence-corrected chi connectivity index (χ4v) is 2.96. The maximum absolute atomic E-state index is 12.6. The molecule has 104 valence electrons. The number of β-amino-alcohol motifs (C(OH)–C–C–N with tert-alkyl or cyclic N) is 1. The number of fused-ring (bicyclic) bond motifs is 1. The minimum Gasteiger partial charge on any atom is -0.391 e. The molecule has 0 spiro atoms. The molecule has 1 fully saturated rings. The Morgan fingerprint density at radius 3 is 3.05 bits per heavy atom. The summed E-state index contributed by atoms with van der Waals surface area (Å²) in [6.07, 6.45) is 2.83. The van der Waals surface area contributed by atoms with Crippen molar-refractivity contribution < 1.29 is 9.90 Å². The normalized spacial score (nSPS) is 19.3. The number of likely N-dealkylation sites (tertiary alicyclic amines) is 1. The number of halogens is 1. The standard InChI is InChI=1S/C15H15BrN2O2/c16-11-4-3-10-5-6-17-14(13(10)8-11)15(20)18-7-1-2-12(19)9-18/h3-6,8,12,19H,1-2,7,9H2. The van der Waals surface area contributed by atoms with E-state index < -0.39 is 6.10 Å². The van der Waals surface area contributed by atoms with Crippen LogP contribution in [0.5, 0.6) is 0 Å². The summed E-state index contributed by atoms with van der Waals surface area (Å²) in [5.41, 5.74) is 0.456. The molecule has 0 saturated carbocycles. The summed E-state index contributed by atoms with van der Waals surface area (Å²) < 4.78 is 0.922. The van der Waals surface area contributed by atoms with Crippen molar-refractivity contribution in [2.45, 2.75) is 18.9 Å². The Bertz CT molecular complexity index is 659. The highest BCUT2D eigenvalue weighted by atomic mass is 79.9. The first kappa shape index (κ1) is 13.5. The van der Waals surface area contributed by atoms with Crippen molar-refractivity contribution in [3.8, 4) is 0 Å². The topological polar surface area (TPSA) is 53.4 Å². The van der Waals surface area contributed by atoms with Crippen LogP contribution in [-0.2, 0) is 0 Å². The zero-order chi connectivity index (χ0) is 14.1. The number of amides is 1. The molecule has 1 aromatic carbocycles. The predicted molar refractivity (Wildman–Crippen MR) is 80.6 cm³/mol. The highest BCUT2D eigenvalue weighted by Crippen LogP contribution is 2.23. The second-order valence-corrected chi connectivity index (χ2v) is 5.99. The molecule has 1 aliphatic heterocycles. The number of hydrogen-bond donors (Lipinski definition) is 1. The number of rotatable bonds is 1. The van der Waals surface area contributed by atoms with E-state index in [0.717, 1.165) is 28.1 Å². The second kappa shape index (κ2) is 5.50. The molecule has 0 radical (unpaired) electrons. The number of pyridine rings is 1. The van der Waals surface area contributed by atoms with Crippen molar-refractivity contribution >= 4 is 32.6 Å². The average molecular weight is 335 g/mol. The van der Waals surface area contributed by atoms with Gasteiger partial charge in [-0.05, 0) is 36.4 Å². The molecule has 5 heteroatoms. The van der Waals surface area contributed by atoms with Crippen LogP contribution in [0.25, 0.3) is 10.8 Å². The van der Waals surface area contributed by atoms with Crippen LogP contribution in [0.3, 0.4) is 0 Å². The van der Waals surface area contributed by atoms with Gasteiger partial charge in [0.15, 0.2) is 0 Å². The summed E-state index contributed by atoms with van der Waals surface area (Å²) >= 11 is 3.43. The molecule has 20 heavy (non-hydrogen) atoms. The van der Waals surface area contributed by atoms with Crippen molar-refractivity contribution in [1.29, 1.82) is 0 Å². The third-order valence-corrected chi connectivity index (χ3v) is 4.11. The number of piperidine rings is 1. The SMILES string of the molecule is O=C(c1nccc2ccc(Br)cc12)N1CCCC(O)C1. The van der Waals surface area contributed by atoms with Crippen molar-refractivity contribution in [2.75, 3.05) is 13.1 Å². The van der Waals surface area contributed by atoms with E-state index in [-0.39, 0.29) is 5.91 Å². The Morgan fingerprint density at radius 2 is 2.25 bits per heavy atom. The molecule has 1 aromatic heterocycles. The first-order valence-corrected chi connectivity index (χ1v) is 7.46. The van der Waals surface area contributed by atoms with Crippen LogP contribution in [0.15, 0.2) is 34.9 Å². The maximum Gasteiger partial charge on any atom is 0.273 e. The van der Waals surface area contributed by atoms with E-state index in [0.29, 0.717) is 18.8 Å². The summed E-state index contributed by atoms with van der Waals surface area (Å²) in [7, 11) is 0. The number of aliphatic hydroxyl groups is 1. The van der Waals surface area contributed by atoms with Crippen LogP contribution in [0.1, 0.15) is 23.3 Å². The van der Waals surface area contributed by atoms with Crippen molar-refractivity contribution in [3.05, 3.63) is 40.6 Å². The molecular weight excluding hydrogens is 320 g/mol. The third-order valence-electron chi connectivity index (χ3n) is 3.61. The van der Waals surface area contributed by atoms with Crippen LogP contribution in [0, 0.1) is 0 Å². The monoisotopic (exact) mass is 334 g/mol. The van der Waals surface area contributed by atoms with Gasteiger partial charge in [-0.3, -0.25) is 9.78 Å². The Balaban J connectivity index is 2.00. The van der Waals surface area contributed by atoms with Gasteiger partial charge in [0.1, 0.15) is 5.69 Å². The number of carbonyl (C=O) groups is 1. The van der Waals surface area contributed by atoms with E-state index in [1.54, 1.807) is 11.1 Å². The molecule has 1 aliphatic rings. The molecule has 0 aliphatic carbocycles. The number of aromatic nitrogens is 1. The highest BCUT2D eigenvalue weighted by Gasteiger charge is 2.25. The van der Waals surface area contributed by atoms with Crippen LogP contribution in [0.2, 0.25) is 0 Å².